The molecule has 0 radical (unpaired) electrons. The summed E-state index contributed by atoms with van der Waals surface area (Å²) in [7, 11) is 8.56. The van der Waals surface area contributed by atoms with Gasteiger partial charge in [-0.2, -0.15) is 0 Å². The highest BCUT2D eigenvalue weighted by molar-refractivity contribution is 5.70. The van der Waals surface area contributed by atoms with E-state index in [0.717, 1.165) is 5.56 Å². The normalized spacial score (nSPS) is 11.6. The van der Waals surface area contributed by atoms with Crippen molar-refractivity contribution in [1.29, 1.82) is 0 Å². The highest BCUT2D eigenvalue weighted by atomic mass is 16.6. The van der Waals surface area contributed by atoms with Gasteiger partial charge in [0, 0.05) is 6.54 Å². The van der Waals surface area contributed by atoms with Crippen LogP contribution in [0.25, 0.3) is 0 Å². The number of nitrogens with one attached hydrogen (secondary N) is 1. The van der Waals surface area contributed by atoms with Gasteiger partial charge in [-0.15, -0.1) is 0 Å². The molecule has 27 heavy (non-hydrogen) atoms. The highest BCUT2D eigenvalue weighted by Gasteiger charge is 2.21. The predicted octanol–water partition coefficient (Wildman–Crippen LogP) is 3.10. The van der Waals surface area contributed by atoms with Gasteiger partial charge in [-0.1, -0.05) is 18.2 Å². The minimum Gasteiger partial charge on any atom is -0.493 e. The highest BCUT2D eigenvalue weighted by Crippen LogP contribution is 2.40. The number of ether oxygens (including phenoxy) is 4. The van der Waals surface area contributed by atoms with Crippen LogP contribution in [0, 0.1) is 0 Å². The molecule has 0 fully saturated rings. The molecule has 7 nitrogen and oxygen atoms in total. The van der Waals surface area contributed by atoms with E-state index in [4.69, 9.17) is 18.9 Å². The Kier molecular flexibility index (Phi) is 7.31. The maximum absolute atomic E-state index is 12.1. The maximum atomic E-state index is 12.1. The zero-order valence-electron chi connectivity index (χ0n) is 16.3. The van der Waals surface area contributed by atoms with Crippen LogP contribution in [0.5, 0.6) is 23.0 Å². The van der Waals surface area contributed by atoms with Crippen LogP contribution < -0.4 is 24.3 Å². The first-order chi connectivity index (χ1) is 13.0. The van der Waals surface area contributed by atoms with Crippen molar-refractivity contribution in [2.45, 2.75) is 6.04 Å². The Morgan fingerprint density at radius 1 is 1.00 bits per heavy atom. The molecule has 0 aromatic heterocycles. The van der Waals surface area contributed by atoms with Gasteiger partial charge in [-0.05, 0) is 43.9 Å². The molecule has 2 rings (SSSR count). The molecular weight excluding hydrogens is 348 g/mol. The largest absolute Gasteiger partial charge is 0.493 e. The quantitative estimate of drug-likeness (QED) is 0.766. The van der Waals surface area contributed by atoms with E-state index in [1.54, 1.807) is 45.6 Å². The molecule has 1 N–H and O–H groups in total. The summed E-state index contributed by atoms with van der Waals surface area (Å²) in [6, 6.07) is 12.5. The molecule has 2 aromatic carbocycles. The average molecular weight is 374 g/mol. The van der Waals surface area contributed by atoms with Gasteiger partial charge in [0.2, 0.25) is 5.75 Å². The monoisotopic (exact) mass is 374 g/mol. The van der Waals surface area contributed by atoms with Crippen LogP contribution in [0.1, 0.15) is 11.6 Å². The summed E-state index contributed by atoms with van der Waals surface area (Å²) in [6.45, 7) is 0.345. The van der Waals surface area contributed by atoms with E-state index in [9.17, 15) is 4.79 Å². The Labute approximate surface area is 159 Å². The molecular formula is C20H26N2O5. The first-order valence-electron chi connectivity index (χ1n) is 8.47. The van der Waals surface area contributed by atoms with E-state index >= 15 is 0 Å². The van der Waals surface area contributed by atoms with Crippen LogP contribution in [0.4, 0.5) is 4.79 Å². The number of benzene rings is 2. The number of carbonyl (C=O) groups is 1. The Morgan fingerprint density at radius 3 is 2.07 bits per heavy atom. The Morgan fingerprint density at radius 2 is 1.59 bits per heavy atom. The number of carbonyl (C=O) groups excluding carboxylic acids is 1. The van der Waals surface area contributed by atoms with Crippen LogP contribution in [0.2, 0.25) is 0 Å². The second-order valence-corrected chi connectivity index (χ2v) is 6.02. The van der Waals surface area contributed by atoms with Crippen molar-refractivity contribution < 1.29 is 23.7 Å². The van der Waals surface area contributed by atoms with Crippen molar-refractivity contribution >= 4 is 6.09 Å². The van der Waals surface area contributed by atoms with Gasteiger partial charge >= 0.3 is 6.09 Å². The number of hydrogen-bond donors (Lipinski definition) is 1. The molecule has 0 saturated heterocycles. The smallest absolute Gasteiger partial charge is 0.412 e. The van der Waals surface area contributed by atoms with Crippen molar-refractivity contribution in [1.82, 2.24) is 10.2 Å². The lowest BCUT2D eigenvalue weighted by atomic mass is 10.0. The molecule has 2 aromatic rings. The summed E-state index contributed by atoms with van der Waals surface area (Å²) in [4.78, 5) is 14.1. The fourth-order valence-electron chi connectivity index (χ4n) is 2.70. The average Bonchev–Trinajstić information content (AvgIpc) is 2.67. The third-order valence-corrected chi connectivity index (χ3v) is 4.09. The first kappa shape index (κ1) is 20.4. The number of rotatable bonds is 8. The van der Waals surface area contributed by atoms with Crippen molar-refractivity contribution in [2.75, 3.05) is 42.0 Å². The summed E-state index contributed by atoms with van der Waals surface area (Å²) < 4.78 is 21.5. The molecule has 0 aliphatic carbocycles. The SMILES string of the molecule is COc1cc(C(CNC(=O)Oc2ccccc2)N(C)C)cc(OC)c1OC. The summed E-state index contributed by atoms with van der Waals surface area (Å²) >= 11 is 0. The molecule has 1 amide bonds. The number of para-hydroxylation sites is 1. The van der Waals surface area contributed by atoms with Gasteiger partial charge in [0.25, 0.3) is 0 Å². The van der Waals surface area contributed by atoms with E-state index in [1.165, 1.54) is 0 Å². The zero-order valence-corrected chi connectivity index (χ0v) is 16.3. The van der Waals surface area contributed by atoms with Gasteiger partial charge in [-0.3, -0.25) is 0 Å². The molecule has 1 atom stereocenters. The van der Waals surface area contributed by atoms with E-state index in [1.807, 2.05) is 37.2 Å². The molecule has 0 heterocycles. The first-order valence-corrected chi connectivity index (χ1v) is 8.47. The van der Waals surface area contributed by atoms with E-state index < -0.39 is 6.09 Å². The number of methoxy groups -OCH3 is 3. The van der Waals surface area contributed by atoms with E-state index in [-0.39, 0.29) is 6.04 Å². The van der Waals surface area contributed by atoms with Crippen LogP contribution >= 0.6 is 0 Å². The van der Waals surface area contributed by atoms with Gasteiger partial charge in [0.1, 0.15) is 5.75 Å². The second kappa shape index (κ2) is 9.68. The van der Waals surface area contributed by atoms with Crippen LogP contribution in [0.3, 0.4) is 0 Å². The van der Waals surface area contributed by atoms with Crippen molar-refractivity contribution in [3.05, 3.63) is 48.0 Å². The van der Waals surface area contributed by atoms with Gasteiger partial charge in [-0.25, -0.2) is 4.79 Å². The third kappa shape index (κ3) is 5.27. The van der Waals surface area contributed by atoms with Gasteiger partial charge in [0.15, 0.2) is 11.5 Å². The molecule has 146 valence electrons. The van der Waals surface area contributed by atoms with Crippen molar-refractivity contribution in [2.24, 2.45) is 0 Å². The Balaban J connectivity index is 2.16. The number of amides is 1. The Hall–Kier alpha value is -2.93. The van der Waals surface area contributed by atoms with E-state index in [0.29, 0.717) is 29.5 Å². The lowest BCUT2D eigenvalue weighted by molar-refractivity contribution is 0.194. The lowest BCUT2D eigenvalue weighted by Crippen LogP contribution is -2.36. The zero-order chi connectivity index (χ0) is 19.8. The summed E-state index contributed by atoms with van der Waals surface area (Å²) in [6.07, 6.45) is -0.513. The molecule has 0 bridgehead atoms. The molecule has 0 aliphatic heterocycles. The third-order valence-electron chi connectivity index (χ3n) is 4.09. The molecule has 0 aliphatic rings. The lowest BCUT2D eigenvalue weighted by Gasteiger charge is -2.26. The summed E-state index contributed by atoms with van der Waals surface area (Å²) in [5, 5.41) is 2.80. The topological polar surface area (TPSA) is 69.3 Å². The molecule has 0 saturated carbocycles. The summed E-state index contributed by atoms with van der Waals surface area (Å²) in [5.41, 5.74) is 0.912. The number of nitrogens with zero attached hydrogens (tertiary/aromatic N) is 1. The fourth-order valence-corrected chi connectivity index (χ4v) is 2.70. The van der Waals surface area contributed by atoms with Crippen LogP contribution in [-0.2, 0) is 0 Å². The maximum Gasteiger partial charge on any atom is 0.412 e. The number of hydrogen-bond acceptors (Lipinski definition) is 6. The number of likely N-dealkylation sites (N-methyl/N-ethyl adjacent to an activating group) is 1. The minimum atomic E-state index is -0.513. The molecule has 0 spiro atoms. The molecule has 7 heteroatoms. The van der Waals surface area contributed by atoms with Gasteiger partial charge in [0.05, 0.1) is 27.4 Å². The van der Waals surface area contributed by atoms with E-state index in [2.05, 4.69) is 5.32 Å². The standard InChI is InChI=1S/C20H26N2O5/c1-22(2)16(13-21-20(23)27-15-9-7-6-8-10-15)14-11-17(24-3)19(26-5)18(12-14)25-4/h6-12,16H,13H2,1-5H3,(H,21,23). The van der Waals surface area contributed by atoms with Crippen LogP contribution in [0.15, 0.2) is 42.5 Å². The molecule has 1 unspecified atom stereocenters. The van der Waals surface area contributed by atoms with Crippen LogP contribution in [-0.4, -0.2) is 53.0 Å². The fraction of sp³-hybridized carbons (Fsp3) is 0.350. The second-order valence-electron chi connectivity index (χ2n) is 6.02. The Bertz CT molecular complexity index is 724. The summed E-state index contributed by atoms with van der Waals surface area (Å²) in [5.74, 6) is 2.14. The van der Waals surface area contributed by atoms with Crippen molar-refractivity contribution in [3.63, 3.8) is 0 Å². The van der Waals surface area contributed by atoms with Crippen molar-refractivity contribution in [3.8, 4) is 23.0 Å². The minimum absolute atomic E-state index is 0.123. The predicted molar refractivity (Wildman–Crippen MR) is 103 cm³/mol. The van der Waals surface area contributed by atoms with Gasteiger partial charge < -0.3 is 29.2 Å².